The maximum Gasteiger partial charge on any atom is 0.340 e. The predicted octanol–water partition coefficient (Wildman–Crippen LogP) is 4.82. The highest BCUT2D eigenvalue weighted by atomic mass is 35.5. The molecular weight excluding hydrogens is 404 g/mol. The summed E-state index contributed by atoms with van der Waals surface area (Å²) in [5.74, 6) is -0.355. The van der Waals surface area contributed by atoms with E-state index in [0.29, 0.717) is 23.4 Å². The molecule has 1 aromatic carbocycles. The minimum atomic E-state index is -0.828. The molecule has 6 nitrogen and oxygen atoms in total. The van der Waals surface area contributed by atoms with E-state index in [1.807, 2.05) is 44.0 Å². The lowest BCUT2D eigenvalue weighted by Gasteiger charge is -2.43. The number of likely N-dealkylation sites (N-methyl/N-ethyl adjacent to an activating group) is 1. The number of rotatable bonds is 7. The van der Waals surface area contributed by atoms with Crippen LogP contribution in [-0.4, -0.2) is 42.2 Å². The van der Waals surface area contributed by atoms with Gasteiger partial charge in [0.05, 0.1) is 5.56 Å². The van der Waals surface area contributed by atoms with E-state index in [9.17, 15) is 9.59 Å². The lowest BCUT2D eigenvalue weighted by atomic mass is 9.74. The van der Waals surface area contributed by atoms with Gasteiger partial charge in [-0.2, -0.15) is 0 Å². The van der Waals surface area contributed by atoms with Crippen LogP contribution in [0.15, 0.2) is 48.8 Å². The van der Waals surface area contributed by atoms with Crippen LogP contribution in [0, 0.1) is 0 Å². The molecule has 30 heavy (non-hydrogen) atoms. The van der Waals surface area contributed by atoms with Crippen molar-refractivity contribution in [3.63, 3.8) is 0 Å². The summed E-state index contributed by atoms with van der Waals surface area (Å²) in [7, 11) is 1.83. The summed E-state index contributed by atoms with van der Waals surface area (Å²) in [4.78, 5) is 30.7. The summed E-state index contributed by atoms with van der Waals surface area (Å²) >= 11 is 6.43. The van der Waals surface area contributed by atoms with Gasteiger partial charge in [-0.3, -0.25) is 14.7 Å². The van der Waals surface area contributed by atoms with Gasteiger partial charge in [-0.25, -0.2) is 4.79 Å². The summed E-state index contributed by atoms with van der Waals surface area (Å²) in [6, 6.07) is 10.6. The van der Waals surface area contributed by atoms with Crippen LogP contribution in [-0.2, 0) is 19.8 Å². The third-order valence-corrected chi connectivity index (χ3v) is 5.43. The zero-order chi connectivity index (χ0) is 22.0. The maximum absolute atomic E-state index is 13.0. The average Bonchev–Trinajstić information content (AvgIpc) is 2.79. The average molecular weight is 433 g/mol. The highest BCUT2D eigenvalue weighted by molar-refractivity contribution is 6.31. The Morgan fingerprint density at radius 2 is 1.87 bits per heavy atom. The van der Waals surface area contributed by atoms with Crippen molar-refractivity contribution >= 4 is 23.4 Å². The van der Waals surface area contributed by atoms with Crippen LogP contribution in [0.2, 0.25) is 5.02 Å². The normalized spacial score (nSPS) is 18.5. The summed E-state index contributed by atoms with van der Waals surface area (Å²) in [5, 5.41) is 0.564. The first-order valence-electron chi connectivity index (χ1n) is 10.2. The van der Waals surface area contributed by atoms with Crippen LogP contribution < -0.4 is 0 Å². The summed E-state index contributed by atoms with van der Waals surface area (Å²) in [6.07, 6.45) is 6.03. The van der Waals surface area contributed by atoms with Gasteiger partial charge in [-0.1, -0.05) is 50.1 Å². The summed E-state index contributed by atoms with van der Waals surface area (Å²) in [5.41, 5.74) is 0.370. The number of hydrogen-bond acceptors (Lipinski definition) is 6. The number of pyridine rings is 1. The molecule has 0 radical (unpaired) electrons. The molecule has 0 N–H and O–H groups in total. The minimum Gasteiger partial charge on any atom is -0.435 e. The first kappa shape index (κ1) is 24.0. The summed E-state index contributed by atoms with van der Waals surface area (Å²) in [6.45, 7) is 3.92. The van der Waals surface area contributed by atoms with E-state index in [0.717, 1.165) is 18.4 Å². The van der Waals surface area contributed by atoms with Gasteiger partial charge in [-0.05, 0) is 43.7 Å². The second kappa shape index (κ2) is 11.8. The van der Waals surface area contributed by atoms with Crippen molar-refractivity contribution in [2.45, 2.75) is 45.1 Å². The monoisotopic (exact) mass is 432 g/mol. The van der Waals surface area contributed by atoms with E-state index in [1.165, 1.54) is 12.4 Å². The molecule has 0 saturated heterocycles. The standard InChI is InChI=1S/C21H23ClN2O4.C2H6/c1-24(14-27-15-28-20(26)16-9-12-23-13-10-16)21(11-5-4-8-19(21)25)17-6-2-3-7-18(17)22;1-2/h2-3,6-7,9-10,12-13H,4-5,8,11,14-15H2,1H3;1-2H3. The molecule has 162 valence electrons. The molecule has 0 bridgehead atoms. The molecule has 1 atom stereocenters. The number of nitrogens with zero attached hydrogens (tertiary/aromatic N) is 2. The molecule has 7 heteroatoms. The number of ketones is 1. The van der Waals surface area contributed by atoms with Crippen molar-refractivity contribution in [2.75, 3.05) is 20.6 Å². The number of halogens is 1. The van der Waals surface area contributed by atoms with Crippen molar-refractivity contribution in [1.29, 1.82) is 0 Å². The maximum atomic E-state index is 13.0. The Labute approximate surface area is 183 Å². The lowest BCUT2D eigenvalue weighted by Crippen LogP contribution is -2.52. The Hall–Kier alpha value is -2.28. The molecule has 2 aromatic rings. The molecule has 0 amide bonds. The summed E-state index contributed by atoms with van der Waals surface area (Å²) < 4.78 is 10.7. The van der Waals surface area contributed by atoms with Crippen LogP contribution in [0.4, 0.5) is 0 Å². The Kier molecular flexibility index (Phi) is 9.43. The second-order valence-corrected chi connectivity index (χ2v) is 7.19. The molecule has 0 aliphatic heterocycles. The number of aromatic nitrogens is 1. The zero-order valence-corrected chi connectivity index (χ0v) is 18.5. The fraction of sp³-hybridized carbons (Fsp3) is 0.435. The predicted molar refractivity (Wildman–Crippen MR) is 116 cm³/mol. The number of benzene rings is 1. The van der Waals surface area contributed by atoms with Gasteiger partial charge in [0.1, 0.15) is 12.3 Å². The Balaban J connectivity index is 0.00000155. The Bertz CT molecular complexity index is 831. The second-order valence-electron chi connectivity index (χ2n) is 6.79. The van der Waals surface area contributed by atoms with Gasteiger partial charge in [0.15, 0.2) is 12.6 Å². The van der Waals surface area contributed by atoms with Gasteiger partial charge in [-0.15, -0.1) is 0 Å². The third-order valence-electron chi connectivity index (χ3n) is 5.10. The highest BCUT2D eigenvalue weighted by Gasteiger charge is 2.46. The van der Waals surface area contributed by atoms with Crippen LogP contribution in [0.3, 0.4) is 0 Å². The molecule has 1 aromatic heterocycles. The lowest BCUT2D eigenvalue weighted by molar-refractivity contribution is -0.143. The van der Waals surface area contributed by atoms with Crippen molar-refractivity contribution in [2.24, 2.45) is 0 Å². The van der Waals surface area contributed by atoms with E-state index >= 15 is 0 Å². The van der Waals surface area contributed by atoms with Crippen LogP contribution in [0.1, 0.15) is 55.5 Å². The molecular formula is C23H29ClN2O4. The molecule has 1 aliphatic rings. The van der Waals surface area contributed by atoms with E-state index in [2.05, 4.69) is 4.98 Å². The van der Waals surface area contributed by atoms with Crippen LogP contribution >= 0.6 is 11.6 Å². The smallest absolute Gasteiger partial charge is 0.340 e. The number of ether oxygens (including phenoxy) is 2. The number of carbonyl (C=O) groups excluding carboxylic acids is 2. The number of hydrogen-bond donors (Lipinski definition) is 0. The number of Topliss-reactive ketones (excluding diaryl/α,β-unsaturated/α-hetero) is 1. The van der Waals surface area contributed by atoms with Gasteiger partial charge in [0, 0.05) is 23.8 Å². The third kappa shape index (κ3) is 5.45. The van der Waals surface area contributed by atoms with Crippen molar-refractivity contribution < 1.29 is 19.1 Å². The van der Waals surface area contributed by atoms with E-state index in [1.54, 1.807) is 18.2 Å². The number of carbonyl (C=O) groups is 2. The van der Waals surface area contributed by atoms with Gasteiger partial charge >= 0.3 is 5.97 Å². The first-order chi connectivity index (χ1) is 14.6. The topological polar surface area (TPSA) is 68.7 Å². The van der Waals surface area contributed by atoms with Crippen molar-refractivity contribution in [1.82, 2.24) is 9.88 Å². The van der Waals surface area contributed by atoms with Gasteiger partial charge in [0.25, 0.3) is 0 Å². The molecule has 1 unspecified atom stereocenters. The van der Waals surface area contributed by atoms with Crippen LogP contribution in [0.5, 0.6) is 0 Å². The van der Waals surface area contributed by atoms with E-state index in [-0.39, 0.29) is 19.3 Å². The molecule has 1 aliphatic carbocycles. The Morgan fingerprint density at radius 3 is 2.53 bits per heavy atom. The zero-order valence-electron chi connectivity index (χ0n) is 17.8. The van der Waals surface area contributed by atoms with Gasteiger partial charge < -0.3 is 9.47 Å². The van der Waals surface area contributed by atoms with Crippen molar-refractivity contribution in [3.8, 4) is 0 Å². The van der Waals surface area contributed by atoms with E-state index in [4.69, 9.17) is 21.1 Å². The quantitative estimate of drug-likeness (QED) is 0.355. The van der Waals surface area contributed by atoms with Crippen molar-refractivity contribution in [3.05, 3.63) is 64.9 Å². The minimum absolute atomic E-state index is 0.126. The Morgan fingerprint density at radius 1 is 1.17 bits per heavy atom. The fourth-order valence-corrected chi connectivity index (χ4v) is 3.95. The molecule has 0 spiro atoms. The molecule has 3 rings (SSSR count). The fourth-order valence-electron chi connectivity index (χ4n) is 3.65. The molecule has 1 fully saturated rings. The SMILES string of the molecule is CC.CN(COCOC(=O)c1ccncc1)C1(c2ccccc2Cl)CCCCC1=O. The van der Waals surface area contributed by atoms with Gasteiger partial charge in [0.2, 0.25) is 0 Å². The van der Waals surface area contributed by atoms with E-state index < -0.39 is 11.5 Å². The molecule has 1 heterocycles. The molecule has 1 saturated carbocycles. The highest BCUT2D eigenvalue weighted by Crippen LogP contribution is 2.42. The first-order valence-corrected chi connectivity index (χ1v) is 10.6. The van der Waals surface area contributed by atoms with Crippen LogP contribution in [0.25, 0.3) is 0 Å². The largest absolute Gasteiger partial charge is 0.435 e. The number of esters is 1.